The number of benzene rings is 1. The first-order chi connectivity index (χ1) is 7.61. The highest BCUT2D eigenvalue weighted by molar-refractivity contribution is 6.03. The number of rotatable bonds is 5. The SMILES string of the molecule is CC(=O)CC(=O)Nc1ccc(COO)cc1. The molecule has 0 aromatic heterocycles. The molecule has 86 valence electrons. The van der Waals surface area contributed by atoms with Gasteiger partial charge in [0.15, 0.2) is 0 Å². The molecule has 0 spiro atoms. The predicted molar refractivity (Wildman–Crippen MR) is 57.8 cm³/mol. The third-order valence-electron chi connectivity index (χ3n) is 1.88. The Kier molecular flexibility index (Phi) is 4.63. The summed E-state index contributed by atoms with van der Waals surface area (Å²) in [4.78, 5) is 25.9. The van der Waals surface area contributed by atoms with Crippen molar-refractivity contribution in [2.75, 3.05) is 5.32 Å². The van der Waals surface area contributed by atoms with Crippen LogP contribution in [0.15, 0.2) is 24.3 Å². The Morgan fingerprint density at radius 2 is 1.94 bits per heavy atom. The van der Waals surface area contributed by atoms with Crippen LogP contribution in [-0.4, -0.2) is 16.9 Å². The van der Waals surface area contributed by atoms with Crippen molar-refractivity contribution >= 4 is 17.4 Å². The fraction of sp³-hybridized carbons (Fsp3) is 0.273. The van der Waals surface area contributed by atoms with E-state index >= 15 is 0 Å². The molecule has 0 saturated heterocycles. The molecule has 0 aliphatic heterocycles. The Morgan fingerprint density at radius 1 is 1.31 bits per heavy atom. The zero-order chi connectivity index (χ0) is 12.0. The van der Waals surface area contributed by atoms with E-state index in [2.05, 4.69) is 10.2 Å². The lowest BCUT2D eigenvalue weighted by atomic mass is 10.2. The molecular weight excluding hydrogens is 210 g/mol. The van der Waals surface area contributed by atoms with Gasteiger partial charge in [-0.15, -0.1) is 0 Å². The Balaban J connectivity index is 2.54. The van der Waals surface area contributed by atoms with Crippen LogP contribution in [-0.2, 0) is 21.1 Å². The van der Waals surface area contributed by atoms with Gasteiger partial charge in [-0.2, -0.15) is 0 Å². The van der Waals surface area contributed by atoms with Crippen LogP contribution in [0.2, 0.25) is 0 Å². The van der Waals surface area contributed by atoms with Crippen molar-refractivity contribution in [3.8, 4) is 0 Å². The summed E-state index contributed by atoms with van der Waals surface area (Å²) in [6.45, 7) is 1.46. The fourth-order valence-corrected chi connectivity index (χ4v) is 1.19. The van der Waals surface area contributed by atoms with Gasteiger partial charge >= 0.3 is 0 Å². The number of anilines is 1. The Morgan fingerprint density at radius 3 is 2.44 bits per heavy atom. The molecule has 0 saturated carbocycles. The van der Waals surface area contributed by atoms with Crippen molar-refractivity contribution in [3.05, 3.63) is 29.8 Å². The van der Waals surface area contributed by atoms with E-state index in [1.54, 1.807) is 24.3 Å². The summed E-state index contributed by atoms with van der Waals surface area (Å²) in [5.41, 5.74) is 1.39. The molecule has 0 unspecified atom stereocenters. The van der Waals surface area contributed by atoms with E-state index in [9.17, 15) is 9.59 Å². The van der Waals surface area contributed by atoms with Crippen molar-refractivity contribution in [2.45, 2.75) is 20.0 Å². The van der Waals surface area contributed by atoms with Crippen molar-refractivity contribution < 1.29 is 19.7 Å². The lowest BCUT2D eigenvalue weighted by Gasteiger charge is -2.04. The third-order valence-corrected chi connectivity index (χ3v) is 1.88. The molecule has 0 radical (unpaired) electrons. The van der Waals surface area contributed by atoms with Crippen LogP contribution >= 0.6 is 0 Å². The Hall–Kier alpha value is -1.72. The van der Waals surface area contributed by atoms with Crippen LogP contribution in [0.1, 0.15) is 18.9 Å². The van der Waals surface area contributed by atoms with E-state index in [-0.39, 0.29) is 24.7 Å². The minimum atomic E-state index is -0.335. The first kappa shape index (κ1) is 12.4. The summed E-state index contributed by atoms with van der Waals surface area (Å²) in [6.07, 6.45) is -0.124. The number of ketones is 1. The first-order valence-corrected chi connectivity index (χ1v) is 4.76. The van der Waals surface area contributed by atoms with Crippen LogP contribution in [0.4, 0.5) is 5.69 Å². The van der Waals surface area contributed by atoms with Crippen LogP contribution in [0.3, 0.4) is 0 Å². The first-order valence-electron chi connectivity index (χ1n) is 4.76. The van der Waals surface area contributed by atoms with Crippen molar-refractivity contribution in [1.82, 2.24) is 0 Å². The Labute approximate surface area is 93.0 Å². The van der Waals surface area contributed by atoms with Crippen LogP contribution in [0.5, 0.6) is 0 Å². The summed E-state index contributed by atoms with van der Waals surface area (Å²) in [7, 11) is 0. The summed E-state index contributed by atoms with van der Waals surface area (Å²) >= 11 is 0. The molecule has 2 N–H and O–H groups in total. The zero-order valence-electron chi connectivity index (χ0n) is 8.90. The average Bonchev–Trinajstić information content (AvgIpc) is 2.20. The molecule has 0 atom stereocenters. The highest BCUT2D eigenvalue weighted by Crippen LogP contribution is 2.10. The van der Waals surface area contributed by atoms with Crippen LogP contribution < -0.4 is 5.32 Å². The zero-order valence-corrected chi connectivity index (χ0v) is 8.90. The quantitative estimate of drug-likeness (QED) is 0.451. The van der Waals surface area contributed by atoms with Crippen molar-refractivity contribution in [2.24, 2.45) is 0 Å². The standard InChI is InChI=1S/C11H13NO4/c1-8(13)6-11(14)12-10-4-2-9(3-5-10)7-16-15/h2-5,15H,6-7H2,1H3,(H,12,14). The van der Waals surface area contributed by atoms with Gasteiger partial charge in [0, 0.05) is 5.69 Å². The molecule has 0 heterocycles. The number of hydrogen-bond acceptors (Lipinski definition) is 4. The Bertz CT molecular complexity index is 372. The number of amides is 1. The molecule has 1 aromatic rings. The summed E-state index contributed by atoms with van der Waals surface area (Å²) in [5, 5.41) is 10.8. The van der Waals surface area contributed by atoms with Crippen molar-refractivity contribution in [3.63, 3.8) is 0 Å². The smallest absolute Gasteiger partial charge is 0.231 e. The number of nitrogens with one attached hydrogen (secondary N) is 1. The number of carbonyl (C=O) groups is 2. The van der Waals surface area contributed by atoms with Crippen LogP contribution in [0.25, 0.3) is 0 Å². The van der Waals surface area contributed by atoms with Gasteiger partial charge in [0.25, 0.3) is 0 Å². The largest absolute Gasteiger partial charge is 0.326 e. The maximum Gasteiger partial charge on any atom is 0.231 e. The minimum Gasteiger partial charge on any atom is -0.326 e. The van der Waals surface area contributed by atoms with E-state index in [1.807, 2.05) is 0 Å². The van der Waals surface area contributed by atoms with Gasteiger partial charge in [-0.25, -0.2) is 4.89 Å². The van der Waals surface area contributed by atoms with E-state index < -0.39 is 0 Å². The second-order valence-electron chi connectivity index (χ2n) is 3.40. The molecule has 0 aliphatic rings. The maximum absolute atomic E-state index is 11.2. The van der Waals surface area contributed by atoms with E-state index in [0.29, 0.717) is 5.69 Å². The molecule has 5 nitrogen and oxygen atoms in total. The predicted octanol–water partition coefficient (Wildman–Crippen LogP) is 1.59. The van der Waals surface area contributed by atoms with Gasteiger partial charge in [0.05, 0.1) is 6.42 Å². The molecule has 5 heteroatoms. The highest BCUT2D eigenvalue weighted by Gasteiger charge is 2.05. The molecule has 0 aliphatic carbocycles. The van der Waals surface area contributed by atoms with E-state index in [4.69, 9.17) is 5.26 Å². The number of carbonyl (C=O) groups excluding carboxylic acids is 2. The summed E-state index contributed by atoms with van der Waals surface area (Å²) in [6, 6.07) is 6.76. The summed E-state index contributed by atoms with van der Waals surface area (Å²) < 4.78 is 0. The minimum absolute atomic E-state index is 0.0989. The number of Topliss-reactive ketones (excluding diaryl/α,β-unsaturated/α-hetero) is 1. The van der Waals surface area contributed by atoms with E-state index in [1.165, 1.54) is 6.92 Å². The maximum atomic E-state index is 11.2. The molecule has 1 rings (SSSR count). The molecule has 1 amide bonds. The van der Waals surface area contributed by atoms with Gasteiger partial charge in [-0.3, -0.25) is 14.8 Å². The summed E-state index contributed by atoms with van der Waals surface area (Å²) in [5.74, 6) is -0.513. The topological polar surface area (TPSA) is 75.6 Å². The van der Waals surface area contributed by atoms with Crippen LogP contribution in [0, 0.1) is 0 Å². The second-order valence-corrected chi connectivity index (χ2v) is 3.40. The number of hydrogen-bond donors (Lipinski definition) is 2. The molecule has 1 aromatic carbocycles. The van der Waals surface area contributed by atoms with Crippen molar-refractivity contribution in [1.29, 1.82) is 0 Å². The lowest BCUT2D eigenvalue weighted by Crippen LogP contribution is -2.14. The molecule has 0 bridgehead atoms. The highest BCUT2D eigenvalue weighted by atomic mass is 17.1. The molecule has 0 fully saturated rings. The third kappa shape index (κ3) is 4.20. The van der Waals surface area contributed by atoms with Gasteiger partial charge in [0.2, 0.25) is 5.91 Å². The molecular formula is C11H13NO4. The fourth-order valence-electron chi connectivity index (χ4n) is 1.19. The van der Waals surface area contributed by atoms with Gasteiger partial charge < -0.3 is 5.32 Å². The van der Waals surface area contributed by atoms with Gasteiger partial charge in [-0.05, 0) is 24.6 Å². The lowest BCUT2D eigenvalue weighted by molar-refractivity contribution is -0.253. The van der Waals surface area contributed by atoms with Gasteiger partial charge in [-0.1, -0.05) is 12.1 Å². The second kappa shape index (κ2) is 5.99. The monoisotopic (exact) mass is 223 g/mol. The molecule has 16 heavy (non-hydrogen) atoms. The normalized spacial score (nSPS) is 9.88. The average molecular weight is 223 g/mol. The van der Waals surface area contributed by atoms with Gasteiger partial charge in [0.1, 0.15) is 12.4 Å². The van der Waals surface area contributed by atoms with E-state index in [0.717, 1.165) is 5.56 Å².